The summed E-state index contributed by atoms with van der Waals surface area (Å²) in [7, 11) is -0.281. The van der Waals surface area contributed by atoms with Crippen molar-refractivity contribution in [3.63, 3.8) is 0 Å². The van der Waals surface area contributed by atoms with Crippen molar-refractivity contribution in [2.45, 2.75) is 0 Å². The lowest BCUT2D eigenvalue weighted by atomic mass is 13.4. The molecular formula is H2N2O2P. The lowest BCUT2D eigenvalue weighted by Crippen LogP contribution is -1.83. The molecule has 0 saturated heterocycles. The third kappa shape index (κ3) is 3.79. The summed E-state index contributed by atoms with van der Waals surface area (Å²) in [5.41, 5.74) is 4.44. The summed E-state index contributed by atoms with van der Waals surface area (Å²) in [5, 5.41) is 9.04. The fraction of sp³-hybridized carbons (Fsp3) is 0. The second-order valence-electron chi connectivity index (χ2n) is 0.353. The summed E-state index contributed by atoms with van der Waals surface area (Å²) >= 11 is 0. The van der Waals surface area contributed by atoms with Gasteiger partial charge in [0.25, 0.3) is 0 Å². The van der Waals surface area contributed by atoms with Crippen molar-refractivity contribution in [1.29, 1.82) is 0 Å². The third-order valence-electron chi connectivity index (χ3n) is 0.0943. The topological polar surface area (TPSA) is 69.2 Å². The third-order valence-corrected chi connectivity index (χ3v) is 0.283. The highest BCUT2D eigenvalue weighted by molar-refractivity contribution is 7.27. The Morgan fingerprint density at radius 3 is 2.20 bits per heavy atom. The van der Waals surface area contributed by atoms with Gasteiger partial charge in [-0.1, -0.05) is 0 Å². The van der Waals surface area contributed by atoms with E-state index in [-0.39, 0.29) is 8.88 Å². The van der Waals surface area contributed by atoms with Crippen LogP contribution in [0.2, 0.25) is 0 Å². The Morgan fingerprint density at radius 2 is 2.20 bits per heavy atom. The number of rotatable bonds is 1. The Morgan fingerprint density at radius 1 is 2.00 bits per heavy atom. The monoisotopic (exact) mass is 93.0 g/mol. The van der Waals surface area contributed by atoms with E-state index in [0.717, 1.165) is 0 Å². The maximum atomic E-state index is 9.04. The van der Waals surface area contributed by atoms with Gasteiger partial charge in [-0.05, 0) is 0 Å². The molecule has 0 aromatic rings. The van der Waals surface area contributed by atoms with E-state index in [1.54, 1.807) is 0 Å². The smallest absolute Gasteiger partial charge is 0.262 e. The lowest BCUT2D eigenvalue weighted by molar-refractivity contribution is -0.295. The summed E-state index contributed by atoms with van der Waals surface area (Å²) in [4.78, 5) is 9.04. The van der Waals surface area contributed by atoms with E-state index in [4.69, 9.17) is 10.1 Å². The van der Waals surface area contributed by atoms with Crippen LogP contribution in [-0.2, 0) is 0 Å². The van der Waals surface area contributed by atoms with Gasteiger partial charge >= 0.3 is 8.88 Å². The van der Waals surface area contributed by atoms with Crippen molar-refractivity contribution in [1.82, 2.24) is 0 Å². The Labute approximate surface area is 30.4 Å². The molecule has 0 aliphatic heterocycles. The van der Waals surface area contributed by atoms with Crippen molar-refractivity contribution in [3.8, 4) is 0 Å². The normalized spacial score (nSPS) is 9.80. The molecule has 2 N–H and O–H groups in total. The second kappa shape index (κ2) is 2.05. The van der Waals surface area contributed by atoms with Gasteiger partial charge in [0, 0.05) is 0 Å². The first-order valence-corrected chi connectivity index (χ1v) is 1.74. The van der Waals surface area contributed by atoms with Gasteiger partial charge in [-0.15, -0.1) is 0 Å². The van der Waals surface area contributed by atoms with Gasteiger partial charge < -0.3 is 0 Å². The van der Waals surface area contributed by atoms with E-state index in [1.807, 2.05) is 0 Å². The molecule has 0 aromatic carbocycles. The summed E-state index contributed by atoms with van der Waals surface area (Å²) in [5.74, 6) is 0. The van der Waals surface area contributed by atoms with Crippen molar-refractivity contribution in [3.05, 3.63) is 10.1 Å². The van der Waals surface area contributed by atoms with Gasteiger partial charge in [-0.25, -0.2) is 5.50 Å². The number of hydrogen-bond acceptors (Lipinski definition) is 3. The van der Waals surface area contributed by atoms with E-state index in [1.165, 1.54) is 0 Å². The Kier molecular flexibility index (Phi) is 1.97. The molecule has 5 heteroatoms. The molecule has 0 spiro atoms. The van der Waals surface area contributed by atoms with Crippen LogP contribution in [0.5, 0.6) is 0 Å². The first-order chi connectivity index (χ1) is 2.27. The summed E-state index contributed by atoms with van der Waals surface area (Å²) in [6.45, 7) is 0. The molecule has 0 rings (SSSR count). The maximum Gasteiger partial charge on any atom is 0.439 e. The van der Waals surface area contributed by atoms with E-state index >= 15 is 0 Å². The van der Waals surface area contributed by atoms with Gasteiger partial charge in [0.1, 0.15) is 0 Å². The first kappa shape index (κ1) is 4.79. The minimum atomic E-state index is -0.625. The number of nitrogens with two attached hydrogens (primary N) is 1. The molecule has 0 atom stereocenters. The Balaban J connectivity index is 2.85. The largest absolute Gasteiger partial charge is 0.439 e. The van der Waals surface area contributed by atoms with E-state index in [0.29, 0.717) is 0 Å². The van der Waals surface area contributed by atoms with E-state index < -0.39 is 4.69 Å². The molecule has 0 saturated carbocycles. The minimum Gasteiger partial charge on any atom is -0.262 e. The first-order valence-electron chi connectivity index (χ1n) is 0.823. The zero-order chi connectivity index (χ0) is 4.28. The molecular weight excluding hydrogens is 91.0 g/mol. The van der Waals surface area contributed by atoms with Crippen LogP contribution in [0.3, 0.4) is 0 Å². The van der Waals surface area contributed by atoms with Gasteiger partial charge in [-0.2, -0.15) is 0 Å². The fourth-order valence-electron chi connectivity index (χ4n) is 0. The molecule has 5 heavy (non-hydrogen) atoms. The number of nitro groups is 1. The van der Waals surface area contributed by atoms with Gasteiger partial charge in [-0.3, -0.25) is 10.1 Å². The molecule has 0 aliphatic rings. The molecule has 0 heterocycles. The Bertz CT molecular complexity index is 42.9. The van der Waals surface area contributed by atoms with Crippen LogP contribution in [0.1, 0.15) is 0 Å². The molecule has 29 valence electrons. The SMILES string of the molecule is N[P][N+](=O)[O-]. The van der Waals surface area contributed by atoms with Crippen molar-refractivity contribution >= 4 is 8.88 Å². The van der Waals surface area contributed by atoms with Crippen molar-refractivity contribution in [2.24, 2.45) is 5.50 Å². The standard InChI is InChI=1S/H2N2O2P/c1-5-2(3)4/h1H2. The average Bonchev–Trinajstić information content (AvgIpc) is 1.38. The predicted octanol–water partition coefficient (Wildman–Crippen LogP) is -0.00200. The molecule has 0 unspecified atom stereocenters. The molecule has 0 amide bonds. The maximum absolute atomic E-state index is 9.04. The van der Waals surface area contributed by atoms with Crippen LogP contribution in [0.25, 0.3) is 0 Å². The zero-order valence-electron chi connectivity index (χ0n) is 2.29. The quantitative estimate of drug-likeness (QED) is 0.281. The Hall–Kier alpha value is -0.210. The second-order valence-corrected chi connectivity index (χ2v) is 0.911. The molecule has 4 nitrogen and oxygen atoms in total. The van der Waals surface area contributed by atoms with Crippen LogP contribution < -0.4 is 5.50 Å². The number of hydrogen-bond donors (Lipinski definition) is 1. The van der Waals surface area contributed by atoms with E-state index in [9.17, 15) is 0 Å². The van der Waals surface area contributed by atoms with Gasteiger partial charge in [0.05, 0.1) is 4.69 Å². The predicted molar refractivity (Wildman–Crippen MR) is 18.1 cm³/mol. The van der Waals surface area contributed by atoms with Gasteiger partial charge in [0.15, 0.2) is 0 Å². The highest BCUT2D eigenvalue weighted by atomic mass is 31.1. The molecule has 1 radical (unpaired) electrons. The highest BCUT2D eigenvalue weighted by Gasteiger charge is 1.85. The van der Waals surface area contributed by atoms with Crippen LogP contribution in [0.4, 0.5) is 0 Å². The highest BCUT2D eigenvalue weighted by Crippen LogP contribution is 1.90. The van der Waals surface area contributed by atoms with Crippen LogP contribution in [-0.4, -0.2) is 4.69 Å². The summed E-state index contributed by atoms with van der Waals surface area (Å²) in [6.07, 6.45) is 0. The van der Waals surface area contributed by atoms with E-state index in [2.05, 4.69) is 5.50 Å². The number of nitrogens with zero attached hydrogens (tertiary/aromatic N) is 1. The van der Waals surface area contributed by atoms with Crippen molar-refractivity contribution in [2.75, 3.05) is 0 Å². The average molecular weight is 93.0 g/mol. The minimum absolute atomic E-state index is 0.281. The van der Waals surface area contributed by atoms with Crippen LogP contribution in [0, 0.1) is 10.1 Å². The summed E-state index contributed by atoms with van der Waals surface area (Å²) in [6, 6.07) is 0. The van der Waals surface area contributed by atoms with Crippen LogP contribution in [0.15, 0.2) is 0 Å². The molecule has 0 bridgehead atoms. The zero-order valence-corrected chi connectivity index (χ0v) is 3.18. The van der Waals surface area contributed by atoms with Crippen molar-refractivity contribution < 1.29 is 4.69 Å². The molecule has 0 aliphatic carbocycles. The van der Waals surface area contributed by atoms with Crippen LogP contribution >= 0.6 is 8.88 Å². The fourth-order valence-corrected chi connectivity index (χ4v) is 0. The molecule has 0 aromatic heterocycles. The molecule has 0 fully saturated rings. The summed E-state index contributed by atoms with van der Waals surface area (Å²) < 4.78 is -0.625. The lowest BCUT2D eigenvalue weighted by Gasteiger charge is -1.69. The van der Waals surface area contributed by atoms with Gasteiger partial charge in [0.2, 0.25) is 0 Å².